The van der Waals surface area contributed by atoms with E-state index < -0.39 is 16.2 Å². The van der Waals surface area contributed by atoms with Crippen LogP contribution in [0.25, 0.3) is 0 Å². The Bertz CT molecular complexity index is 538. The van der Waals surface area contributed by atoms with E-state index in [1.165, 1.54) is 12.1 Å². The zero-order valence-corrected chi connectivity index (χ0v) is 12.4. The normalized spacial score (nSPS) is 11.8. The molecule has 1 aromatic rings. The van der Waals surface area contributed by atoms with Gasteiger partial charge in [0.2, 0.25) is 0 Å². The van der Waals surface area contributed by atoms with Crippen molar-refractivity contribution in [3.63, 3.8) is 0 Å². The van der Waals surface area contributed by atoms with E-state index in [1.807, 2.05) is 13.8 Å². The molecule has 112 valence electrons. The molecule has 0 saturated carbocycles. The van der Waals surface area contributed by atoms with Crippen LogP contribution in [-0.4, -0.2) is 32.6 Å². The number of hydrogen-bond acceptors (Lipinski definition) is 3. The summed E-state index contributed by atoms with van der Waals surface area (Å²) in [5.41, 5.74) is 1.09. The van der Waals surface area contributed by atoms with Gasteiger partial charge in [-0.25, -0.2) is 14.2 Å². The highest BCUT2D eigenvalue weighted by atomic mass is 32.2. The molecule has 0 aliphatic heterocycles. The average molecular weight is 300 g/mol. The monoisotopic (exact) mass is 300 g/mol. The van der Waals surface area contributed by atoms with Crippen molar-refractivity contribution in [2.45, 2.75) is 20.3 Å². The lowest BCUT2D eigenvalue weighted by molar-refractivity contribution is 0.0697. The second-order valence-electron chi connectivity index (χ2n) is 4.89. The van der Waals surface area contributed by atoms with Gasteiger partial charge in [0.25, 0.3) is 10.2 Å². The Balaban J connectivity index is 2.42. The minimum Gasteiger partial charge on any atom is -0.478 e. The van der Waals surface area contributed by atoms with Crippen LogP contribution in [0.5, 0.6) is 0 Å². The van der Waals surface area contributed by atoms with Gasteiger partial charge < -0.3 is 5.11 Å². The minimum absolute atomic E-state index is 0.216. The Morgan fingerprint density at radius 3 is 2.30 bits per heavy atom. The summed E-state index contributed by atoms with van der Waals surface area (Å²) in [6.45, 7) is 4.50. The number of aromatic carboxylic acids is 1. The predicted molar refractivity (Wildman–Crippen MR) is 76.9 cm³/mol. The van der Waals surface area contributed by atoms with Gasteiger partial charge >= 0.3 is 5.97 Å². The van der Waals surface area contributed by atoms with Crippen LogP contribution in [0.2, 0.25) is 0 Å². The maximum Gasteiger partial charge on any atom is 0.335 e. The molecule has 0 heterocycles. The summed E-state index contributed by atoms with van der Waals surface area (Å²) >= 11 is 0. The quantitative estimate of drug-likeness (QED) is 0.667. The number of hydrogen-bond donors (Lipinski definition) is 3. The van der Waals surface area contributed by atoms with Gasteiger partial charge in [0.1, 0.15) is 0 Å². The van der Waals surface area contributed by atoms with E-state index in [1.54, 1.807) is 12.1 Å². The molecule has 0 atom stereocenters. The summed E-state index contributed by atoms with van der Waals surface area (Å²) in [7, 11) is -3.46. The molecule has 0 aliphatic rings. The van der Waals surface area contributed by atoms with E-state index in [2.05, 4.69) is 9.44 Å². The first-order chi connectivity index (χ1) is 9.30. The molecular weight excluding hydrogens is 280 g/mol. The molecule has 0 aliphatic carbocycles. The van der Waals surface area contributed by atoms with Gasteiger partial charge in [0.15, 0.2) is 0 Å². The lowest BCUT2D eigenvalue weighted by Gasteiger charge is -2.10. The molecule has 0 radical (unpaired) electrons. The van der Waals surface area contributed by atoms with Crippen LogP contribution in [0, 0.1) is 5.92 Å². The SMILES string of the molecule is CC(C)CNS(=O)(=O)NCCc1ccc(C(=O)O)cc1. The topological polar surface area (TPSA) is 95.5 Å². The smallest absolute Gasteiger partial charge is 0.335 e. The highest BCUT2D eigenvalue weighted by Crippen LogP contribution is 2.04. The fourth-order valence-electron chi connectivity index (χ4n) is 1.47. The molecule has 3 N–H and O–H groups in total. The molecule has 0 bridgehead atoms. The maximum absolute atomic E-state index is 11.6. The zero-order chi connectivity index (χ0) is 15.2. The maximum atomic E-state index is 11.6. The lowest BCUT2D eigenvalue weighted by Crippen LogP contribution is -2.39. The molecule has 20 heavy (non-hydrogen) atoms. The van der Waals surface area contributed by atoms with E-state index in [0.717, 1.165) is 5.56 Å². The van der Waals surface area contributed by atoms with Gasteiger partial charge in [-0.15, -0.1) is 0 Å². The van der Waals surface area contributed by atoms with Crippen molar-refractivity contribution >= 4 is 16.2 Å². The number of carboxylic acids is 1. The third-order valence-electron chi connectivity index (χ3n) is 2.59. The van der Waals surface area contributed by atoms with Crippen LogP contribution >= 0.6 is 0 Å². The van der Waals surface area contributed by atoms with Crippen molar-refractivity contribution in [2.75, 3.05) is 13.1 Å². The third kappa shape index (κ3) is 6.14. The van der Waals surface area contributed by atoms with Gasteiger partial charge in [-0.3, -0.25) is 0 Å². The second kappa shape index (κ2) is 7.37. The first kappa shape index (κ1) is 16.6. The van der Waals surface area contributed by atoms with Crippen molar-refractivity contribution in [2.24, 2.45) is 5.92 Å². The van der Waals surface area contributed by atoms with Crippen LogP contribution < -0.4 is 9.44 Å². The van der Waals surface area contributed by atoms with E-state index in [-0.39, 0.29) is 18.0 Å². The Morgan fingerprint density at radius 1 is 1.20 bits per heavy atom. The molecule has 1 rings (SSSR count). The molecule has 6 nitrogen and oxygen atoms in total. The number of carboxylic acid groups (broad SMARTS) is 1. The Hall–Kier alpha value is -1.44. The molecule has 0 saturated heterocycles. The molecule has 0 amide bonds. The summed E-state index contributed by atoms with van der Waals surface area (Å²) in [6.07, 6.45) is 0.502. The Kier molecular flexibility index (Phi) is 6.12. The Labute approximate surface area is 119 Å². The van der Waals surface area contributed by atoms with E-state index in [4.69, 9.17) is 5.11 Å². The highest BCUT2D eigenvalue weighted by molar-refractivity contribution is 7.87. The van der Waals surface area contributed by atoms with Gasteiger partial charge in [-0.2, -0.15) is 8.42 Å². The van der Waals surface area contributed by atoms with Gasteiger partial charge in [-0.05, 0) is 30.0 Å². The standard InChI is InChI=1S/C13H20N2O4S/c1-10(2)9-15-20(18,19)14-8-7-11-3-5-12(6-4-11)13(16)17/h3-6,10,14-15H,7-9H2,1-2H3,(H,16,17). The average Bonchev–Trinajstić information content (AvgIpc) is 2.37. The minimum atomic E-state index is -3.46. The first-order valence-electron chi connectivity index (χ1n) is 6.36. The number of nitrogens with one attached hydrogen (secondary N) is 2. The summed E-state index contributed by atoms with van der Waals surface area (Å²) in [5, 5.41) is 8.76. The predicted octanol–water partition coefficient (Wildman–Crippen LogP) is 1.01. The Morgan fingerprint density at radius 2 is 1.80 bits per heavy atom. The molecule has 0 spiro atoms. The van der Waals surface area contributed by atoms with Crippen LogP contribution in [0.15, 0.2) is 24.3 Å². The van der Waals surface area contributed by atoms with E-state index in [0.29, 0.717) is 13.0 Å². The van der Waals surface area contributed by atoms with E-state index >= 15 is 0 Å². The fraction of sp³-hybridized carbons (Fsp3) is 0.462. The van der Waals surface area contributed by atoms with Gasteiger partial charge in [0.05, 0.1) is 5.56 Å². The largest absolute Gasteiger partial charge is 0.478 e. The number of carbonyl (C=O) groups is 1. The van der Waals surface area contributed by atoms with Crippen LogP contribution in [0.3, 0.4) is 0 Å². The van der Waals surface area contributed by atoms with Crippen molar-refractivity contribution in [3.05, 3.63) is 35.4 Å². The lowest BCUT2D eigenvalue weighted by atomic mass is 10.1. The molecule has 1 aromatic carbocycles. The van der Waals surface area contributed by atoms with Crippen molar-refractivity contribution in [1.29, 1.82) is 0 Å². The molecule has 0 fully saturated rings. The molecule has 0 aromatic heterocycles. The highest BCUT2D eigenvalue weighted by Gasteiger charge is 2.09. The zero-order valence-electron chi connectivity index (χ0n) is 11.6. The summed E-state index contributed by atoms with van der Waals surface area (Å²) in [6, 6.07) is 6.37. The van der Waals surface area contributed by atoms with Gasteiger partial charge in [0, 0.05) is 13.1 Å². The molecule has 0 unspecified atom stereocenters. The summed E-state index contributed by atoms with van der Waals surface area (Å²) in [4.78, 5) is 10.7. The van der Waals surface area contributed by atoms with Crippen molar-refractivity contribution < 1.29 is 18.3 Å². The number of rotatable bonds is 8. The third-order valence-corrected chi connectivity index (χ3v) is 3.72. The van der Waals surface area contributed by atoms with E-state index in [9.17, 15) is 13.2 Å². The number of benzene rings is 1. The van der Waals surface area contributed by atoms with Crippen LogP contribution in [0.1, 0.15) is 29.8 Å². The van der Waals surface area contributed by atoms with Crippen LogP contribution in [0.4, 0.5) is 0 Å². The van der Waals surface area contributed by atoms with Crippen molar-refractivity contribution in [3.8, 4) is 0 Å². The summed E-state index contributed by atoms with van der Waals surface area (Å²) in [5.74, 6) is -0.731. The van der Waals surface area contributed by atoms with Gasteiger partial charge in [-0.1, -0.05) is 26.0 Å². The van der Waals surface area contributed by atoms with Crippen molar-refractivity contribution in [1.82, 2.24) is 9.44 Å². The first-order valence-corrected chi connectivity index (χ1v) is 7.85. The fourth-order valence-corrected chi connectivity index (χ4v) is 2.50. The second-order valence-corrected chi connectivity index (χ2v) is 6.48. The molecular formula is C13H20N2O4S. The molecule has 7 heteroatoms. The summed E-state index contributed by atoms with van der Waals surface area (Å²) < 4.78 is 28.0. The van der Waals surface area contributed by atoms with Crippen LogP contribution in [-0.2, 0) is 16.6 Å².